The third-order valence-electron chi connectivity index (χ3n) is 7.48. The van der Waals surface area contributed by atoms with Gasteiger partial charge in [-0.3, -0.25) is 4.90 Å². The van der Waals surface area contributed by atoms with E-state index >= 15 is 0 Å². The topological polar surface area (TPSA) is 29.5 Å². The maximum absolute atomic E-state index is 13.2. The fourth-order valence-electron chi connectivity index (χ4n) is 5.79. The highest BCUT2D eigenvalue weighted by Crippen LogP contribution is 2.45. The monoisotopic (exact) mass is 455 g/mol. The Hall–Kier alpha value is -3.04. The molecule has 0 spiro atoms. The Morgan fingerprint density at radius 1 is 1.00 bits per heavy atom. The average molecular weight is 456 g/mol. The second-order valence-corrected chi connectivity index (χ2v) is 9.78. The number of carbonyl (C=O) groups is 1. The summed E-state index contributed by atoms with van der Waals surface area (Å²) in [6.45, 7) is 2.39. The molecule has 3 aromatic carbocycles. The number of amides is 1. The van der Waals surface area contributed by atoms with Crippen molar-refractivity contribution in [1.29, 1.82) is 0 Å². The molecule has 1 amide bonds. The maximum Gasteiger partial charge on any atom is 0.410 e. The van der Waals surface area contributed by atoms with Crippen LogP contribution in [-0.4, -0.2) is 29.7 Å². The first-order chi connectivity index (χ1) is 16.1. The van der Waals surface area contributed by atoms with Crippen molar-refractivity contribution in [2.45, 2.75) is 44.2 Å². The van der Waals surface area contributed by atoms with Crippen molar-refractivity contribution in [2.75, 3.05) is 6.61 Å². The summed E-state index contributed by atoms with van der Waals surface area (Å²) in [5.74, 6) is 0.0876. The van der Waals surface area contributed by atoms with Gasteiger partial charge in [-0.25, -0.2) is 4.79 Å². The molecule has 2 aliphatic heterocycles. The Bertz CT molecular complexity index is 1230. The van der Waals surface area contributed by atoms with Crippen LogP contribution >= 0.6 is 11.6 Å². The van der Waals surface area contributed by atoms with Crippen LogP contribution in [0.4, 0.5) is 4.79 Å². The number of carbonyl (C=O) groups excluding carboxylic acids is 1. The van der Waals surface area contributed by atoms with Crippen LogP contribution in [0.25, 0.3) is 16.7 Å². The summed E-state index contributed by atoms with van der Waals surface area (Å²) in [7, 11) is 0. The van der Waals surface area contributed by atoms with Gasteiger partial charge in [0.25, 0.3) is 0 Å². The molecule has 0 saturated carbocycles. The van der Waals surface area contributed by atoms with Crippen LogP contribution in [-0.2, 0) is 4.74 Å². The number of halogens is 1. The van der Waals surface area contributed by atoms with Crippen LogP contribution in [0.3, 0.4) is 0 Å². The number of hydrogen-bond acceptors (Lipinski definition) is 2. The lowest BCUT2D eigenvalue weighted by Gasteiger charge is -2.33. The molecule has 2 atom stereocenters. The molecule has 2 unspecified atom stereocenters. The first-order valence-corrected chi connectivity index (χ1v) is 12.1. The normalized spacial score (nSPS) is 20.9. The standard InChI is InChI=1S/C29H26ClNO2/c1-18-10-11-19(16-28(18)30)20-14-21-12-13-22(15-20)31(21)29(32)33-17-27-25-8-4-2-6-23(25)24-7-3-5-9-26(24)27/h2-11,14,16,21-22,27H,12-13,15,17H2,1H3. The SMILES string of the molecule is Cc1ccc(C2=CC3CCC(C2)N3C(=O)OCC2c3ccccc3-c3ccccc32)cc1Cl. The fourth-order valence-corrected chi connectivity index (χ4v) is 5.97. The Morgan fingerprint density at radius 2 is 1.70 bits per heavy atom. The van der Waals surface area contributed by atoms with Crippen LogP contribution in [0.15, 0.2) is 72.8 Å². The van der Waals surface area contributed by atoms with Crippen LogP contribution in [0.5, 0.6) is 0 Å². The molecule has 0 aromatic heterocycles. The van der Waals surface area contributed by atoms with Gasteiger partial charge in [0.1, 0.15) is 6.61 Å². The van der Waals surface area contributed by atoms with Crippen LogP contribution < -0.4 is 0 Å². The van der Waals surface area contributed by atoms with Crippen molar-refractivity contribution in [2.24, 2.45) is 0 Å². The molecule has 33 heavy (non-hydrogen) atoms. The van der Waals surface area contributed by atoms with Gasteiger partial charge in [-0.15, -0.1) is 0 Å². The number of nitrogens with zero attached hydrogens (tertiary/aromatic N) is 1. The molecule has 1 saturated heterocycles. The number of rotatable bonds is 3. The molecule has 1 fully saturated rings. The highest BCUT2D eigenvalue weighted by molar-refractivity contribution is 6.31. The van der Waals surface area contributed by atoms with Gasteiger partial charge in [0, 0.05) is 17.0 Å². The molecule has 2 bridgehead atoms. The lowest BCUT2D eigenvalue weighted by molar-refractivity contribution is 0.0866. The van der Waals surface area contributed by atoms with E-state index < -0.39 is 0 Å². The van der Waals surface area contributed by atoms with E-state index in [1.165, 1.54) is 27.8 Å². The first-order valence-electron chi connectivity index (χ1n) is 11.7. The smallest absolute Gasteiger partial charge is 0.410 e. The van der Waals surface area contributed by atoms with E-state index in [0.717, 1.165) is 35.4 Å². The minimum absolute atomic E-state index is 0.0876. The Balaban J connectivity index is 1.20. The van der Waals surface area contributed by atoms with E-state index in [-0.39, 0.29) is 24.1 Å². The van der Waals surface area contributed by atoms with E-state index in [1.54, 1.807) is 0 Å². The zero-order chi connectivity index (χ0) is 22.5. The summed E-state index contributed by atoms with van der Waals surface area (Å²) in [6, 6.07) is 23.4. The zero-order valence-corrected chi connectivity index (χ0v) is 19.4. The fraction of sp³-hybridized carbons (Fsp3) is 0.276. The predicted molar refractivity (Wildman–Crippen MR) is 133 cm³/mol. The molecule has 0 radical (unpaired) electrons. The lowest BCUT2D eigenvalue weighted by atomic mass is 9.94. The van der Waals surface area contributed by atoms with Gasteiger partial charge in [-0.1, -0.05) is 78.3 Å². The van der Waals surface area contributed by atoms with Gasteiger partial charge in [0.2, 0.25) is 0 Å². The van der Waals surface area contributed by atoms with Crippen LogP contribution in [0.1, 0.15) is 47.4 Å². The Kier molecular flexibility index (Phi) is 5.03. The molecule has 3 aliphatic rings. The second kappa shape index (κ2) is 8.07. The van der Waals surface area contributed by atoms with Gasteiger partial charge in [0.15, 0.2) is 0 Å². The molecule has 6 rings (SSSR count). The summed E-state index contributed by atoms with van der Waals surface area (Å²) in [4.78, 5) is 15.2. The molecule has 3 aromatic rings. The molecule has 166 valence electrons. The number of fused-ring (bicyclic) bond motifs is 5. The van der Waals surface area contributed by atoms with Crippen molar-refractivity contribution in [3.8, 4) is 11.1 Å². The summed E-state index contributed by atoms with van der Waals surface area (Å²) in [5.41, 5.74) is 8.51. The van der Waals surface area contributed by atoms with Crippen LogP contribution in [0, 0.1) is 6.92 Å². The summed E-state index contributed by atoms with van der Waals surface area (Å²) in [6.07, 6.45) is 4.89. The van der Waals surface area contributed by atoms with E-state index in [2.05, 4.69) is 66.7 Å². The van der Waals surface area contributed by atoms with Crippen molar-refractivity contribution < 1.29 is 9.53 Å². The van der Waals surface area contributed by atoms with E-state index in [9.17, 15) is 4.79 Å². The highest BCUT2D eigenvalue weighted by atomic mass is 35.5. The maximum atomic E-state index is 13.2. The third kappa shape index (κ3) is 3.46. The number of hydrogen-bond donors (Lipinski definition) is 0. The Labute approximate surface area is 199 Å². The summed E-state index contributed by atoms with van der Waals surface area (Å²) >= 11 is 6.36. The zero-order valence-electron chi connectivity index (χ0n) is 18.6. The predicted octanol–water partition coefficient (Wildman–Crippen LogP) is 7.22. The summed E-state index contributed by atoms with van der Waals surface area (Å²) in [5, 5.41) is 0.791. The van der Waals surface area contributed by atoms with Crippen LogP contribution in [0.2, 0.25) is 5.02 Å². The first kappa shape index (κ1) is 20.6. The van der Waals surface area contributed by atoms with Crippen molar-refractivity contribution >= 4 is 23.3 Å². The minimum Gasteiger partial charge on any atom is -0.448 e. The molecule has 1 aliphatic carbocycles. The van der Waals surface area contributed by atoms with Gasteiger partial charge < -0.3 is 4.74 Å². The van der Waals surface area contributed by atoms with Gasteiger partial charge in [-0.05, 0) is 71.2 Å². The van der Waals surface area contributed by atoms with Crippen molar-refractivity contribution in [3.63, 3.8) is 0 Å². The minimum atomic E-state index is -0.193. The number of benzene rings is 3. The average Bonchev–Trinajstić information content (AvgIpc) is 3.30. The van der Waals surface area contributed by atoms with Gasteiger partial charge >= 0.3 is 6.09 Å². The largest absolute Gasteiger partial charge is 0.448 e. The molecule has 2 heterocycles. The Morgan fingerprint density at radius 3 is 2.36 bits per heavy atom. The summed E-state index contributed by atoms with van der Waals surface area (Å²) < 4.78 is 5.97. The third-order valence-corrected chi connectivity index (χ3v) is 7.89. The molecule has 4 heteroatoms. The lowest BCUT2D eigenvalue weighted by Crippen LogP contribution is -2.43. The quantitative estimate of drug-likeness (QED) is 0.417. The molecular formula is C29H26ClNO2. The molecular weight excluding hydrogens is 430 g/mol. The van der Waals surface area contributed by atoms with E-state index in [1.807, 2.05) is 17.9 Å². The molecule has 0 N–H and O–H groups in total. The number of ether oxygens (including phenoxy) is 1. The van der Waals surface area contributed by atoms with Gasteiger partial charge in [0.05, 0.1) is 6.04 Å². The van der Waals surface area contributed by atoms with E-state index in [4.69, 9.17) is 16.3 Å². The highest BCUT2D eigenvalue weighted by Gasteiger charge is 2.41. The molecule has 3 nitrogen and oxygen atoms in total. The van der Waals surface area contributed by atoms with Crippen molar-refractivity contribution in [1.82, 2.24) is 4.90 Å². The number of aryl methyl sites for hydroxylation is 1. The second-order valence-electron chi connectivity index (χ2n) is 9.37. The van der Waals surface area contributed by atoms with Crippen molar-refractivity contribution in [3.05, 3.63) is 100 Å². The van der Waals surface area contributed by atoms with E-state index in [0.29, 0.717) is 6.61 Å². The van der Waals surface area contributed by atoms with Gasteiger partial charge in [-0.2, -0.15) is 0 Å².